The van der Waals surface area contributed by atoms with Crippen molar-refractivity contribution in [3.8, 4) is 0 Å². The van der Waals surface area contributed by atoms with Gasteiger partial charge < -0.3 is 10.4 Å². The molecule has 0 bridgehead atoms. The minimum atomic E-state index is -0.988. The number of carbonyl (C=O) groups is 2. The number of carboxylic acids is 1. The van der Waals surface area contributed by atoms with Crippen molar-refractivity contribution in [3.63, 3.8) is 0 Å². The summed E-state index contributed by atoms with van der Waals surface area (Å²) in [6.07, 6.45) is 1.75. The van der Waals surface area contributed by atoms with Gasteiger partial charge in [-0.3, -0.25) is 4.79 Å². The van der Waals surface area contributed by atoms with Gasteiger partial charge in [-0.25, -0.2) is 9.78 Å². The molecular weight excluding hydrogens is 264 g/mol. The number of hydrogen-bond donors (Lipinski definition) is 2. The highest BCUT2D eigenvalue weighted by Crippen LogP contribution is 2.11. The maximum atomic E-state index is 11.7. The summed E-state index contributed by atoms with van der Waals surface area (Å²) < 4.78 is 0. The van der Waals surface area contributed by atoms with Gasteiger partial charge in [-0.15, -0.1) is 11.3 Å². The van der Waals surface area contributed by atoms with Crippen LogP contribution in [-0.2, 0) is 16.0 Å². The maximum absolute atomic E-state index is 11.7. The largest absolute Gasteiger partial charge is 0.480 e. The summed E-state index contributed by atoms with van der Waals surface area (Å²) in [4.78, 5) is 26.9. The van der Waals surface area contributed by atoms with Gasteiger partial charge in [0.05, 0.1) is 10.7 Å². The SMILES string of the molecule is Cc1nc(CCCC(=O)NC(C(=O)O)C(C)C)cs1. The molecule has 2 N–H and O–H groups in total. The third-order valence-corrected chi connectivity index (χ3v) is 3.57. The molecule has 1 amide bonds. The number of thiazole rings is 1. The van der Waals surface area contributed by atoms with Crippen LogP contribution in [0, 0.1) is 12.8 Å². The lowest BCUT2D eigenvalue weighted by Crippen LogP contribution is -2.44. The number of amides is 1. The van der Waals surface area contributed by atoms with Gasteiger partial charge in [0.2, 0.25) is 5.91 Å². The number of nitrogens with one attached hydrogen (secondary N) is 1. The summed E-state index contributed by atoms with van der Waals surface area (Å²) >= 11 is 1.59. The van der Waals surface area contributed by atoms with E-state index in [1.165, 1.54) is 0 Å². The first-order valence-corrected chi connectivity index (χ1v) is 7.21. The van der Waals surface area contributed by atoms with Crippen LogP contribution in [0.15, 0.2) is 5.38 Å². The molecule has 0 saturated carbocycles. The van der Waals surface area contributed by atoms with Crippen LogP contribution in [0.5, 0.6) is 0 Å². The molecule has 106 valence electrons. The quantitative estimate of drug-likeness (QED) is 0.802. The van der Waals surface area contributed by atoms with Crippen molar-refractivity contribution in [2.24, 2.45) is 5.92 Å². The van der Waals surface area contributed by atoms with Crippen LogP contribution >= 0.6 is 11.3 Å². The fraction of sp³-hybridized carbons (Fsp3) is 0.615. The molecule has 0 aliphatic heterocycles. The minimum absolute atomic E-state index is 0.123. The topological polar surface area (TPSA) is 79.3 Å². The van der Waals surface area contributed by atoms with Crippen molar-refractivity contribution in [1.82, 2.24) is 10.3 Å². The standard InChI is InChI=1S/C13H20N2O3S/c1-8(2)12(13(17)18)15-11(16)6-4-5-10-7-19-9(3)14-10/h7-8,12H,4-6H2,1-3H3,(H,15,16)(H,17,18). The first-order valence-electron chi connectivity index (χ1n) is 6.33. The Bertz CT molecular complexity index is 443. The molecule has 0 spiro atoms. The second kappa shape index (κ2) is 7.23. The number of aromatic nitrogens is 1. The molecule has 1 aromatic rings. The van der Waals surface area contributed by atoms with Crippen LogP contribution in [0.3, 0.4) is 0 Å². The van der Waals surface area contributed by atoms with Crippen LogP contribution < -0.4 is 5.32 Å². The van der Waals surface area contributed by atoms with Crippen LogP contribution in [0.1, 0.15) is 37.4 Å². The molecule has 1 heterocycles. The molecule has 0 radical (unpaired) electrons. The molecule has 0 aliphatic carbocycles. The Morgan fingerprint density at radius 3 is 2.63 bits per heavy atom. The zero-order valence-corrected chi connectivity index (χ0v) is 12.3. The summed E-state index contributed by atoms with van der Waals surface area (Å²) in [5, 5.41) is 14.5. The summed E-state index contributed by atoms with van der Waals surface area (Å²) in [7, 11) is 0. The zero-order valence-electron chi connectivity index (χ0n) is 11.5. The molecule has 1 aromatic heterocycles. The van der Waals surface area contributed by atoms with Gasteiger partial charge in [-0.05, 0) is 25.7 Å². The Balaban J connectivity index is 2.33. The lowest BCUT2D eigenvalue weighted by Gasteiger charge is -2.17. The van der Waals surface area contributed by atoms with E-state index >= 15 is 0 Å². The van der Waals surface area contributed by atoms with Crippen LogP contribution in [0.4, 0.5) is 0 Å². The lowest BCUT2D eigenvalue weighted by atomic mass is 10.0. The van der Waals surface area contributed by atoms with E-state index in [1.54, 1.807) is 25.2 Å². The van der Waals surface area contributed by atoms with E-state index in [9.17, 15) is 9.59 Å². The molecule has 6 heteroatoms. The molecule has 1 unspecified atom stereocenters. The van der Waals surface area contributed by atoms with Gasteiger partial charge in [0.1, 0.15) is 6.04 Å². The molecular formula is C13H20N2O3S. The highest BCUT2D eigenvalue weighted by atomic mass is 32.1. The summed E-state index contributed by atoms with van der Waals surface area (Å²) in [5.74, 6) is -1.32. The molecule has 1 rings (SSSR count). The highest BCUT2D eigenvalue weighted by molar-refractivity contribution is 7.09. The Kier molecular flexibility index (Phi) is 5.95. The number of aryl methyl sites for hydroxylation is 2. The monoisotopic (exact) mass is 284 g/mol. The predicted molar refractivity (Wildman–Crippen MR) is 74.2 cm³/mol. The van der Waals surface area contributed by atoms with Gasteiger partial charge in [-0.1, -0.05) is 13.8 Å². The smallest absolute Gasteiger partial charge is 0.326 e. The summed E-state index contributed by atoms with van der Waals surface area (Å²) in [5.41, 5.74) is 0.994. The predicted octanol–water partition coefficient (Wildman–Crippen LogP) is 2.00. The average Bonchev–Trinajstić information content (AvgIpc) is 2.71. The first-order chi connectivity index (χ1) is 8.90. The van der Waals surface area contributed by atoms with E-state index in [0.717, 1.165) is 17.1 Å². The van der Waals surface area contributed by atoms with Crippen molar-refractivity contribution < 1.29 is 14.7 Å². The number of aliphatic carboxylic acids is 1. The van der Waals surface area contributed by atoms with E-state index in [2.05, 4.69) is 10.3 Å². The molecule has 0 aromatic carbocycles. The Hall–Kier alpha value is -1.43. The van der Waals surface area contributed by atoms with E-state index in [-0.39, 0.29) is 11.8 Å². The van der Waals surface area contributed by atoms with Gasteiger partial charge >= 0.3 is 5.97 Å². The van der Waals surface area contributed by atoms with Crippen molar-refractivity contribution in [2.75, 3.05) is 0 Å². The van der Waals surface area contributed by atoms with E-state index in [0.29, 0.717) is 12.8 Å². The lowest BCUT2D eigenvalue weighted by molar-refractivity contribution is -0.143. The van der Waals surface area contributed by atoms with Gasteiger partial charge in [0.15, 0.2) is 0 Å². The second-order valence-electron chi connectivity index (χ2n) is 4.84. The van der Waals surface area contributed by atoms with Gasteiger partial charge in [-0.2, -0.15) is 0 Å². The fourth-order valence-corrected chi connectivity index (χ4v) is 2.36. The molecule has 1 atom stereocenters. The van der Waals surface area contributed by atoms with Crippen molar-refractivity contribution in [2.45, 2.75) is 46.1 Å². The zero-order chi connectivity index (χ0) is 14.4. The third kappa shape index (κ3) is 5.38. The Labute approximate surface area is 117 Å². The highest BCUT2D eigenvalue weighted by Gasteiger charge is 2.22. The maximum Gasteiger partial charge on any atom is 0.326 e. The van der Waals surface area contributed by atoms with Crippen LogP contribution in [0.25, 0.3) is 0 Å². The number of carboxylic acid groups (broad SMARTS) is 1. The van der Waals surface area contributed by atoms with Gasteiger partial charge in [0.25, 0.3) is 0 Å². The number of carbonyl (C=O) groups excluding carboxylic acids is 1. The molecule has 0 saturated heterocycles. The fourth-order valence-electron chi connectivity index (χ4n) is 1.71. The van der Waals surface area contributed by atoms with Crippen LogP contribution in [-0.4, -0.2) is 28.0 Å². The van der Waals surface area contributed by atoms with Crippen molar-refractivity contribution in [3.05, 3.63) is 16.1 Å². The molecule has 0 aliphatic rings. The second-order valence-corrected chi connectivity index (χ2v) is 5.90. The van der Waals surface area contributed by atoms with Gasteiger partial charge in [0, 0.05) is 11.8 Å². The normalized spacial score (nSPS) is 12.4. The van der Waals surface area contributed by atoms with E-state index in [4.69, 9.17) is 5.11 Å². The van der Waals surface area contributed by atoms with Crippen LogP contribution in [0.2, 0.25) is 0 Å². The molecule has 19 heavy (non-hydrogen) atoms. The summed E-state index contributed by atoms with van der Waals surface area (Å²) in [6.45, 7) is 5.50. The Morgan fingerprint density at radius 1 is 1.47 bits per heavy atom. The summed E-state index contributed by atoms with van der Waals surface area (Å²) in [6, 6.07) is -0.811. The third-order valence-electron chi connectivity index (χ3n) is 2.75. The Morgan fingerprint density at radius 2 is 2.16 bits per heavy atom. The van der Waals surface area contributed by atoms with Crippen molar-refractivity contribution in [1.29, 1.82) is 0 Å². The number of hydrogen-bond acceptors (Lipinski definition) is 4. The number of nitrogens with zero attached hydrogens (tertiary/aromatic N) is 1. The van der Waals surface area contributed by atoms with E-state index in [1.807, 2.05) is 12.3 Å². The van der Waals surface area contributed by atoms with E-state index < -0.39 is 12.0 Å². The number of rotatable bonds is 7. The average molecular weight is 284 g/mol. The molecule has 0 fully saturated rings. The first kappa shape index (κ1) is 15.6. The molecule has 5 nitrogen and oxygen atoms in total. The minimum Gasteiger partial charge on any atom is -0.480 e. The van der Waals surface area contributed by atoms with Crippen molar-refractivity contribution >= 4 is 23.2 Å².